The topological polar surface area (TPSA) is 104 Å². The summed E-state index contributed by atoms with van der Waals surface area (Å²) in [5, 5.41) is 17.9. The lowest BCUT2D eigenvalue weighted by Gasteiger charge is -2.41. The molecule has 0 aliphatic carbocycles. The van der Waals surface area contributed by atoms with E-state index >= 15 is 0 Å². The zero-order valence-corrected chi connectivity index (χ0v) is 10.5. The van der Waals surface area contributed by atoms with Crippen molar-refractivity contribution in [2.45, 2.75) is 5.37 Å². The second-order valence-corrected chi connectivity index (χ2v) is 6.07. The summed E-state index contributed by atoms with van der Waals surface area (Å²) in [7, 11) is 0. The molecule has 0 aromatic carbocycles. The van der Waals surface area contributed by atoms with Gasteiger partial charge in [0.15, 0.2) is 5.70 Å². The van der Waals surface area contributed by atoms with Gasteiger partial charge in [-0.15, -0.1) is 11.8 Å². The Morgan fingerprint density at radius 1 is 1.59 bits per heavy atom. The molecule has 2 aliphatic heterocycles. The van der Waals surface area contributed by atoms with E-state index in [9.17, 15) is 9.59 Å². The number of amides is 1. The van der Waals surface area contributed by atoms with Gasteiger partial charge in [-0.1, -0.05) is 11.8 Å². The molecule has 1 amide bonds. The quantitative estimate of drug-likeness (QED) is 0.579. The van der Waals surface area contributed by atoms with Gasteiger partial charge in [0.1, 0.15) is 5.37 Å². The van der Waals surface area contributed by atoms with Crippen LogP contribution in [0.15, 0.2) is 9.93 Å². The number of carboxylic acid groups (broad SMARTS) is 1. The number of aliphatic carboxylic acids is 1. The molecule has 2 atom stereocenters. The zero-order chi connectivity index (χ0) is 12.6. The van der Waals surface area contributed by atoms with E-state index in [4.69, 9.17) is 15.9 Å². The van der Waals surface area contributed by atoms with Crippen molar-refractivity contribution in [3.05, 3.63) is 9.93 Å². The Labute approximate surface area is 106 Å². The van der Waals surface area contributed by atoms with E-state index in [1.165, 1.54) is 28.4 Å². The Morgan fingerprint density at radius 3 is 2.82 bits per heavy atom. The maximum atomic E-state index is 11.6. The number of carbonyl (C=O) groups excluding carboxylic acids is 1. The minimum absolute atomic E-state index is 0.0353. The number of nitrogens with zero attached hydrogens (tertiary/aromatic N) is 1. The van der Waals surface area contributed by atoms with Crippen molar-refractivity contribution < 1.29 is 19.8 Å². The van der Waals surface area contributed by atoms with Gasteiger partial charge in [-0.3, -0.25) is 9.69 Å². The van der Waals surface area contributed by atoms with Gasteiger partial charge >= 0.3 is 5.97 Å². The van der Waals surface area contributed by atoms with E-state index in [-0.39, 0.29) is 23.6 Å². The summed E-state index contributed by atoms with van der Waals surface area (Å²) in [5.74, 6) is -1.29. The summed E-state index contributed by atoms with van der Waals surface area (Å²) in [6, 6.07) is 0. The number of carboxylic acids is 1. The van der Waals surface area contributed by atoms with Crippen molar-refractivity contribution in [2.24, 2.45) is 11.7 Å². The van der Waals surface area contributed by atoms with Crippen molar-refractivity contribution in [1.82, 2.24) is 4.90 Å². The van der Waals surface area contributed by atoms with E-state index in [1.807, 2.05) is 0 Å². The van der Waals surface area contributed by atoms with Gasteiger partial charge in [-0.2, -0.15) is 0 Å². The molecular weight excluding hydrogens is 264 g/mol. The molecular formula is C9H12N2O4S2. The largest absolute Gasteiger partial charge is 0.477 e. The highest BCUT2D eigenvalue weighted by molar-refractivity contribution is 8.22. The van der Waals surface area contributed by atoms with Gasteiger partial charge in [-0.05, 0) is 0 Å². The maximum Gasteiger partial charge on any atom is 0.354 e. The average Bonchev–Trinajstić information content (AvgIpc) is 2.62. The SMILES string of the molecule is NCCSC1=C(C(=O)O)N2C(=O)C(CO)[C@@H]2S1. The fraction of sp³-hybridized carbons (Fsp3) is 0.556. The van der Waals surface area contributed by atoms with Crippen LogP contribution in [0.5, 0.6) is 0 Å². The van der Waals surface area contributed by atoms with Crippen LogP contribution in [-0.4, -0.2) is 51.3 Å². The Morgan fingerprint density at radius 2 is 2.29 bits per heavy atom. The van der Waals surface area contributed by atoms with Gasteiger partial charge in [0, 0.05) is 12.3 Å². The molecule has 0 spiro atoms. The fourth-order valence-electron chi connectivity index (χ4n) is 1.77. The summed E-state index contributed by atoms with van der Waals surface area (Å²) < 4.78 is 0.609. The highest BCUT2D eigenvalue weighted by Gasteiger charge is 2.55. The molecule has 17 heavy (non-hydrogen) atoms. The van der Waals surface area contributed by atoms with Crippen LogP contribution >= 0.6 is 23.5 Å². The molecule has 0 saturated carbocycles. The first kappa shape index (κ1) is 12.7. The third-order valence-corrected chi connectivity index (χ3v) is 5.29. The molecule has 2 rings (SSSR count). The van der Waals surface area contributed by atoms with Crippen LogP contribution in [0.25, 0.3) is 0 Å². The molecule has 0 aromatic heterocycles. The van der Waals surface area contributed by atoms with Crippen LogP contribution in [0.2, 0.25) is 0 Å². The average molecular weight is 276 g/mol. The van der Waals surface area contributed by atoms with Crippen LogP contribution in [0, 0.1) is 5.92 Å². The minimum Gasteiger partial charge on any atom is -0.477 e. The Hall–Kier alpha value is -0.700. The normalized spacial score (nSPS) is 27.2. The van der Waals surface area contributed by atoms with Crippen molar-refractivity contribution in [3.8, 4) is 0 Å². The van der Waals surface area contributed by atoms with E-state index in [0.29, 0.717) is 16.5 Å². The highest BCUT2D eigenvalue weighted by Crippen LogP contribution is 2.52. The van der Waals surface area contributed by atoms with Crippen LogP contribution < -0.4 is 5.73 Å². The molecule has 0 aromatic rings. The van der Waals surface area contributed by atoms with Crippen molar-refractivity contribution in [3.63, 3.8) is 0 Å². The third kappa shape index (κ3) is 1.95. The molecule has 8 heteroatoms. The minimum atomic E-state index is -1.11. The van der Waals surface area contributed by atoms with Crippen LogP contribution in [0.3, 0.4) is 0 Å². The Bertz CT molecular complexity index is 398. The molecule has 0 bridgehead atoms. The number of nitrogens with two attached hydrogens (primary N) is 1. The lowest BCUT2D eigenvalue weighted by molar-refractivity contribution is -0.153. The summed E-state index contributed by atoms with van der Waals surface area (Å²) in [6.45, 7) is 0.207. The Balaban J connectivity index is 2.20. The number of hydrogen-bond donors (Lipinski definition) is 3. The van der Waals surface area contributed by atoms with Crippen LogP contribution in [0.1, 0.15) is 0 Å². The van der Waals surface area contributed by atoms with Gasteiger partial charge in [0.05, 0.1) is 16.8 Å². The highest BCUT2D eigenvalue weighted by atomic mass is 32.2. The Kier molecular flexibility index (Phi) is 3.67. The maximum absolute atomic E-state index is 11.6. The summed E-state index contributed by atoms with van der Waals surface area (Å²) in [4.78, 5) is 24.0. The summed E-state index contributed by atoms with van der Waals surface area (Å²) in [5.41, 5.74) is 5.41. The molecule has 1 fully saturated rings. The predicted molar refractivity (Wildman–Crippen MR) is 65.0 cm³/mol. The van der Waals surface area contributed by atoms with Crippen molar-refractivity contribution >= 4 is 35.4 Å². The van der Waals surface area contributed by atoms with Crippen LogP contribution in [-0.2, 0) is 9.59 Å². The lowest BCUT2D eigenvalue weighted by atomic mass is 9.99. The smallest absolute Gasteiger partial charge is 0.354 e. The monoisotopic (exact) mass is 276 g/mol. The second-order valence-electron chi connectivity index (χ2n) is 3.58. The fourth-order valence-corrected chi connectivity index (χ4v) is 4.41. The molecule has 1 unspecified atom stereocenters. The standard InChI is InChI=1S/C9H12N2O4S2/c10-1-2-16-9-5(8(14)15)11-6(13)4(3-12)7(11)17-9/h4,7,12H,1-3,10H2,(H,14,15)/t4?,7-/m0/s1. The first-order valence-electron chi connectivity index (χ1n) is 5.02. The van der Waals surface area contributed by atoms with Gasteiger partial charge < -0.3 is 15.9 Å². The number of fused-ring (bicyclic) bond motifs is 1. The van der Waals surface area contributed by atoms with Gasteiger partial charge in [-0.25, -0.2) is 4.79 Å². The number of rotatable bonds is 5. The lowest BCUT2D eigenvalue weighted by Crippen LogP contribution is -2.58. The number of hydrogen-bond acceptors (Lipinski definition) is 6. The predicted octanol–water partition coefficient (Wildman–Crippen LogP) is -0.544. The number of thioether (sulfide) groups is 2. The van der Waals surface area contributed by atoms with Gasteiger partial charge in [0.25, 0.3) is 0 Å². The number of carbonyl (C=O) groups is 2. The van der Waals surface area contributed by atoms with E-state index in [1.54, 1.807) is 0 Å². The molecule has 2 aliphatic rings. The molecule has 0 radical (unpaired) electrons. The molecule has 2 heterocycles. The number of aliphatic hydroxyl groups is 1. The molecule has 1 saturated heterocycles. The zero-order valence-electron chi connectivity index (χ0n) is 8.83. The van der Waals surface area contributed by atoms with E-state index < -0.39 is 11.9 Å². The first-order valence-corrected chi connectivity index (χ1v) is 6.89. The third-order valence-electron chi connectivity index (χ3n) is 2.57. The molecule has 6 nitrogen and oxygen atoms in total. The van der Waals surface area contributed by atoms with Crippen molar-refractivity contribution in [2.75, 3.05) is 18.9 Å². The summed E-state index contributed by atoms with van der Waals surface area (Å²) in [6.07, 6.45) is 0. The molecule has 4 N–H and O–H groups in total. The van der Waals surface area contributed by atoms with E-state index in [2.05, 4.69) is 0 Å². The van der Waals surface area contributed by atoms with Crippen molar-refractivity contribution in [1.29, 1.82) is 0 Å². The van der Waals surface area contributed by atoms with E-state index in [0.717, 1.165) is 0 Å². The summed E-state index contributed by atoms with van der Waals surface area (Å²) >= 11 is 2.67. The number of β-lactam (4-membered cyclic amide) rings is 1. The molecule has 94 valence electrons. The number of aliphatic hydroxyl groups excluding tert-OH is 1. The second kappa shape index (κ2) is 4.89. The first-order chi connectivity index (χ1) is 8.11. The van der Waals surface area contributed by atoms with Crippen LogP contribution in [0.4, 0.5) is 0 Å². The van der Waals surface area contributed by atoms with Gasteiger partial charge in [0.2, 0.25) is 5.91 Å².